The van der Waals surface area contributed by atoms with Crippen LogP contribution in [0.2, 0.25) is 0 Å². The molecule has 3 heteroatoms. The molecule has 0 bridgehead atoms. The van der Waals surface area contributed by atoms with Crippen molar-refractivity contribution in [1.82, 2.24) is 0 Å². The van der Waals surface area contributed by atoms with Gasteiger partial charge in [0.2, 0.25) is 0 Å². The van der Waals surface area contributed by atoms with E-state index in [1.165, 1.54) is 16.7 Å². The van der Waals surface area contributed by atoms with E-state index in [2.05, 4.69) is 73.7 Å². The van der Waals surface area contributed by atoms with Crippen molar-refractivity contribution < 1.29 is 4.42 Å². The molecule has 3 nitrogen and oxygen atoms in total. The summed E-state index contributed by atoms with van der Waals surface area (Å²) in [5.41, 5.74) is 16.1. The highest BCUT2D eigenvalue weighted by Gasteiger charge is 2.16. The highest BCUT2D eigenvalue weighted by atomic mass is 16.3. The quantitative estimate of drug-likeness (QED) is 0.206. The number of nitrogens with two attached hydrogens (primary N) is 1. The summed E-state index contributed by atoms with van der Waals surface area (Å²) in [4.78, 5) is 4.71. The van der Waals surface area contributed by atoms with Crippen molar-refractivity contribution in [2.75, 3.05) is 0 Å². The van der Waals surface area contributed by atoms with Gasteiger partial charge in [0, 0.05) is 16.3 Å². The molecule has 5 aromatic carbocycles. The molecule has 0 atom stereocenters. The Morgan fingerprint density at radius 1 is 0.694 bits per heavy atom. The Bertz CT molecular complexity index is 1730. The molecule has 6 rings (SSSR count). The van der Waals surface area contributed by atoms with Crippen LogP contribution in [0.1, 0.15) is 16.7 Å². The number of furan rings is 1. The number of aliphatic imine (C=N–C) groups is 1. The first-order valence-corrected chi connectivity index (χ1v) is 12.1. The number of aryl methyl sites for hydroxylation is 1. The average molecular weight is 467 g/mol. The molecule has 0 spiro atoms. The van der Waals surface area contributed by atoms with Gasteiger partial charge in [-0.3, -0.25) is 4.99 Å². The fraction of sp³-hybridized carbons (Fsp3) is 0.0606. The zero-order chi connectivity index (χ0) is 24.5. The minimum Gasteiger partial charge on any atom is -0.456 e. The average Bonchev–Trinajstić information content (AvgIpc) is 3.30. The Labute approximate surface area is 210 Å². The molecule has 36 heavy (non-hydrogen) atoms. The predicted molar refractivity (Wildman–Crippen MR) is 150 cm³/mol. The summed E-state index contributed by atoms with van der Waals surface area (Å²) in [5.74, 6) is 0.528. The van der Waals surface area contributed by atoms with Crippen LogP contribution in [0.4, 0.5) is 0 Å². The summed E-state index contributed by atoms with van der Waals surface area (Å²) in [6, 6.07) is 39.6. The van der Waals surface area contributed by atoms with Gasteiger partial charge in [0.15, 0.2) is 0 Å². The molecule has 0 aliphatic rings. The van der Waals surface area contributed by atoms with Crippen LogP contribution in [0.15, 0.2) is 125 Å². The number of benzene rings is 5. The molecular weight excluding hydrogens is 440 g/mol. The maximum absolute atomic E-state index is 6.55. The second-order valence-corrected chi connectivity index (χ2v) is 9.09. The maximum Gasteiger partial charge on any atom is 0.136 e. The summed E-state index contributed by atoms with van der Waals surface area (Å²) in [5, 5.41) is 2.18. The summed E-state index contributed by atoms with van der Waals surface area (Å²) in [7, 11) is 0. The van der Waals surface area contributed by atoms with Crippen LogP contribution in [0, 0.1) is 6.92 Å². The van der Waals surface area contributed by atoms with Gasteiger partial charge in [0.05, 0.1) is 6.54 Å². The van der Waals surface area contributed by atoms with Gasteiger partial charge in [-0.05, 0) is 52.9 Å². The molecular formula is C33H26N2O. The Balaban J connectivity index is 1.50. The van der Waals surface area contributed by atoms with E-state index in [0.29, 0.717) is 12.4 Å². The number of nitrogens with zero attached hydrogens (tertiary/aromatic N) is 1. The van der Waals surface area contributed by atoms with E-state index >= 15 is 0 Å². The van der Waals surface area contributed by atoms with Gasteiger partial charge in [-0.1, -0.05) is 103 Å². The minimum atomic E-state index is 0.528. The third-order valence-electron chi connectivity index (χ3n) is 6.61. The van der Waals surface area contributed by atoms with E-state index in [4.69, 9.17) is 15.1 Å². The van der Waals surface area contributed by atoms with Crippen LogP contribution >= 0.6 is 0 Å². The lowest BCUT2D eigenvalue weighted by Gasteiger charge is -2.11. The number of amidine groups is 1. The number of rotatable bonds is 5. The van der Waals surface area contributed by atoms with Crippen molar-refractivity contribution in [3.63, 3.8) is 0 Å². The van der Waals surface area contributed by atoms with Gasteiger partial charge < -0.3 is 10.2 Å². The van der Waals surface area contributed by atoms with E-state index in [1.807, 2.05) is 48.5 Å². The molecule has 0 amide bonds. The molecule has 2 N–H and O–H groups in total. The summed E-state index contributed by atoms with van der Waals surface area (Å²) < 4.78 is 6.27. The lowest BCUT2D eigenvalue weighted by atomic mass is 9.94. The molecule has 6 aromatic rings. The number of hydrogen-bond acceptors (Lipinski definition) is 2. The standard InChI is InChI=1S/C33H26N2O/c1-22-9-7-12-24(19-22)25-17-18-30-29(20-25)32-27(15-8-16-31(32)36-30)26-13-5-6-14-28(26)33(34)35-21-23-10-3-2-4-11-23/h2-20H,21H2,1H3,(H2,34,35). The topological polar surface area (TPSA) is 51.5 Å². The monoisotopic (exact) mass is 466 g/mol. The van der Waals surface area contributed by atoms with E-state index < -0.39 is 0 Å². The van der Waals surface area contributed by atoms with E-state index in [1.54, 1.807) is 0 Å². The van der Waals surface area contributed by atoms with Crippen molar-refractivity contribution >= 4 is 27.8 Å². The van der Waals surface area contributed by atoms with E-state index in [0.717, 1.165) is 44.2 Å². The Morgan fingerprint density at radius 3 is 2.31 bits per heavy atom. The molecule has 0 fully saturated rings. The zero-order valence-electron chi connectivity index (χ0n) is 20.1. The van der Waals surface area contributed by atoms with Crippen LogP contribution in [0.25, 0.3) is 44.2 Å². The summed E-state index contributed by atoms with van der Waals surface area (Å²) in [6.07, 6.45) is 0. The molecule has 174 valence electrons. The lowest BCUT2D eigenvalue weighted by Crippen LogP contribution is -2.15. The van der Waals surface area contributed by atoms with E-state index in [-0.39, 0.29) is 0 Å². The predicted octanol–water partition coefficient (Wildman–Crippen LogP) is 8.13. The van der Waals surface area contributed by atoms with Crippen molar-refractivity contribution in [3.05, 3.63) is 132 Å². The number of fused-ring (bicyclic) bond motifs is 3. The summed E-state index contributed by atoms with van der Waals surface area (Å²) >= 11 is 0. The highest BCUT2D eigenvalue weighted by molar-refractivity contribution is 6.15. The molecule has 0 radical (unpaired) electrons. The molecule has 1 heterocycles. The maximum atomic E-state index is 6.55. The first kappa shape index (κ1) is 21.9. The first-order chi connectivity index (χ1) is 17.7. The third kappa shape index (κ3) is 4.05. The SMILES string of the molecule is Cc1cccc(-c2ccc3oc4cccc(-c5ccccc5C(N)=NCc5ccccc5)c4c3c2)c1. The Morgan fingerprint density at radius 2 is 1.44 bits per heavy atom. The van der Waals surface area contributed by atoms with Crippen LogP contribution in [0.5, 0.6) is 0 Å². The van der Waals surface area contributed by atoms with E-state index in [9.17, 15) is 0 Å². The van der Waals surface area contributed by atoms with Crippen LogP contribution in [-0.2, 0) is 6.54 Å². The van der Waals surface area contributed by atoms with Crippen LogP contribution in [0.3, 0.4) is 0 Å². The van der Waals surface area contributed by atoms with Crippen molar-refractivity contribution in [3.8, 4) is 22.3 Å². The fourth-order valence-corrected chi connectivity index (χ4v) is 4.84. The molecule has 0 saturated carbocycles. The van der Waals surface area contributed by atoms with Crippen molar-refractivity contribution in [2.24, 2.45) is 10.7 Å². The molecule has 0 aliphatic heterocycles. The smallest absolute Gasteiger partial charge is 0.136 e. The highest BCUT2D eigenvalue weighted by Crippen LogP contribution is 2.39. The fourth-order valence-electron chi connectivity index (χ4n) is 4.84. The lowest BCUT2D eigenvalue weighted by molar-refractivity contribution is 0.669. The third-order valence-corrected chi connectivity index (χ3v) is 6.61. The second kappa shape index (κ2) is 9.20. The van der Waals surface area contributed by atoms with Gasteiger partial charge >= 0.3 is 0 Å². The van der Waals surface area contributed by atoms with Gasteiger partial charge in [0.25, 0.3) is 0 Å². The van der Waals surface area contributed by atoms with Crippen molar-refractivity contribution in [1.29, 1.82) is 0 Å². The Kier molecular flexibility index (Phi) is 5.59. The molecule has 1 aromatic heterocycles. The molecule has 0 aliphatic carbocycles. The van der Waals surface area contributed by atoms with Crippen molar-refractivity contribution in [2.45, 2.75) is 13.5 Å². The zero-order valence-corrected chi connectivity index (χ0v) is 20.1. The first-order valence-electron chi connectivity index (χ1n) is 12.1. The van der Waals surface area contributed by atoms with Gasteiger partial charge in [-0.15, -0.1) is 0 Å². The van der Waals surface area contributed by atoms with Crippen LogP contribution < -0.4 is 5.73 Å². The van der Waals surface area contributed by atoms with Gasteiger partial charge in [-0.2, -0.15) is 0 Å². The normalized spacial score (nSPS) is 11.9. The largest absolute Gasteiger partial charge is 0.456 e. The minimum absolute atomic E-state index is 0.528. The second-order valence-electron chi connectivity index (χ2n) is 9.09. The van der Waals surface area contributed by atoms with Gasteiger partial charge in [0.1, 0.15) is 17.0 Å². The van der Waals surface area contributed by atoms with Gasteiger partial charge in [-0.25, -0.2) is 0 Å². The molecule has 0 unspecified atom stereocenters. The summed E-state index contributed by atoms with van der Waals surface area (Å²) in [6.45, 7) is 2.66. The number of hydrogen-bond donors (Lipinski definition) is 1. The Hall–Kier alpha value is -4.63. The van der Waals surface area contributed by atoms with Crippen LogP contribution in [-0.4, -0.2) is 5.84 Å². The molecule has 0 saturated heterocycles.